The number of carbonyl (C=O) groups is 2. The van der Waals surface area contributed by atoms with Gasteiger partial charge in [-0.05, 0) is 51.4 Å². The Balaban J connectivity index is 4.38. The number of quaternary nitrogens is 1. The van der Waals surface area contributed by atoms with Crippen molar-refractivity contribution in [1.29, 1.82) is 0 Å². The molecular formula is C42H81NO8P+. The highest BCUT2D eigenvalue weighted by molar-refractivity contribution is 7.47. The quantitative estimate of drug-likeness (QED) is 0.0217. The summed E-state index contributed by atoms with van der Waals surface area (Å²) in [7, 11) is 1.47. The van der Waals surface area contributed by atoms with E-state index in [2.05, 4.69) is 25.7 Å². The summed E-state index contributed by atoms with van der Waals surface area (Å²) in [6.45, 7) is 5.92. The van der Waals surface area contributed by atoms with Gasteiger partial charge < -0.3 is 18.9 Å². The topological polar surface area (TPSA) is 108 Å². The molecule has 1 N–H and O–H groups in total. The van der Waals surface area contributed by atoms with E-state index >= 15 is 0 Å². The van der Waals surface area contributed by atoms with E-state index < -0.39 is 26.5 Å². The normalized spacial score (nSPS) is 13.6. The Morgan fingerprint density at radius 2 is 1.08 bits per heavy atom. The summed E-state index contributed by atoms with van der Waals surface area (Å²) >= 11 is 0. The van der Waals surface area contributed by atoms with Crippen LogP contribution < -0.4 is 0 Å². The number of esters is 2. The first-order valence-corrected chi connectivity index (χ1v) is 22.5. The van der Waals surface area contributed by atoms with Gasteiger partial charge in [0.25, 0.3) is 0 Å². The van der Waals surface area contributed by atoms with Gasteiger partial charge in [0.05, 0.1) is 27.7 Å². The van der Waals surface area contributed by atoms with E-state index in [0.717, 1.165) is 44.9 Å². The van der Waals surface area contributed by atoms with E-state index in [4.69, 9.17) is 18.5 Å². The molecule has 0 aromatic rings. The molecule has 0 aliphatic rings. The second-order valence-corrected chi connectivity index (χ2v) is 16.9. The fraction of sp³-hybridized carbons (Fsp3) is 0.857. The molecule has 306 valence electrons. The van der Waals surface area contributed by atoms with Crippen molar-refractivity contribution in [3.63, 3.8) is 0 Å². The number of rotatable bonds is 39. The number of unbranched alkanes of at least 4 members (excludes halogenated alkanes) is 22. The van der Waals surface area contributed by atoms with Crippen LogP contribution in [-0.2, 0) is 32.7 Å². The van der Waals surface area contributed by atoms with E-state index in [-0.39, 0.29) is 32.0 Å². The van der Waals surface area contributed by atoms with Crippen molar-refractivity contribution in [1.82, 2.24) is 0 Å². The number of ether oxygens (including phenoxy) is 2. The molecule has 0 fully saturated rings. The molecule has 0 rings (SSSR count). The minimum absolute atomic E-state index is 0.0301. The molecule has 0 heterocycles. The van der Waals surface area contributed by atoms with Crippen LogP contribution in [0.25, 0.3) is 0 Å². The number of hydrogen-bond donors (Lipinski definition) is 1. The third-order valence-electron chi connectivity index (χ3n) is 9.10. The Hall–Kier alpha value is -1.51. The number of carbonyl (C=O) groups excluding carboxylic acids is 2. The van der Waals surface area contributed by atoms with Crippen LogP contribution >= 0.6 is 7.82 Å². The van der Waals surface area contributed by atoms with Gasteiger partial charge in [-0.3, -0.25) is 18.6 Å². The highest BCUT2D eigenvalue weighted by atomic mass is 31.2. The van der Waals surface area contributed by atoms with Gasteiger partial charge in [0.2, 0.25) is 0 Å². The maximum absolute atomic E-state index is 12.7. The lowest BCUT2D eigenvalue weighted by molar-refractivity contribution is -0.870. The average molecular weight is 759 g/mol. The first-order valence-electron chi connectivity index (χ1n) is 21.0. The van der Waals surface area contributed by atoms with Crippen LogP contribution in [0.15, 0.2) is 24.8 Å². The minimum Gasteiger partial charge on any atom is -0.462 e. The van der Waals surface area contributed by atoms with Crippen LogP contribution in [0.5, 0.6) is 0 Å². The smallest absolute Gasteiger partial charge is 0.462 e. The molecular weight excluding hydrogens is 677 g/mol. The van der Waals surface area contributed by atoms with Crippen LogP contribution in [0, 0.1) is 0 Å². The molecule has 0 saturated heterocycles. The van der Waals surface area contributed by atoms with Gasteiger partial charge in [0, 0.05) is 12.8 Å². The number of phosphoric ester groups is 1. The number of nitrogens with zero attached hydrogens (tertiary/aromatic N) is 1. The Morgan fingerprint density at radius 3 is 1.58 bits per heavy atom. The van der Waals surface area contributed by atoms with Crippen molar-refractivity contribution in [3.05, 3.63) is 24.8 Å². The van der Waals surface area contributed by atoms with Crippen molar-refractivity contribution in [2.75, 3.05) is 47.5 Å². The SMILES string of the molecule is C=CCCCCCCCCCCCCCCCC(=O)O[C@H](COC(=O)CCCCC/C=C/CCCCCCCC)COP(=O)(O)OCC[N+](C)(C)C. The lowest BCUT2D eigenvalue weighted by Gasteiger charge is -2.24. The first-order chi connectivity index (χ1) is 25.0. The van der Waals surface area contributed by atoms with Gasteiger partial charge in [-0.1, -0.05) is 134 Å². The summed E-state index contributed by atoms with van der Waals surface area (Å²) in [5, 5.41) is 0. The number of hydrogen-bond acceptors (Lipinski definition) is 7. The van der Waals surface area contributed by atoms with Crippen molar-refractivity contribution >= 4 is 19.8 Å². The molecule has 0 aromatic heterocycles. The number of allylic oxidation sites excluding steroid dienone is 3. The molecule has 0 spiro atoms. The summed E-state index contributed by atoms with van der Waals surface area (Å²) in [4.78, 5) is 35.3. The molecule has 0 amide bonds. The maximum Gasteiger partial charge on any atom is 0.472 e. The number of likely N-dealkylation sites (N-methyl/N-ethyl adjacent to an activating group) is 1. The third-order valence-corrected chi connectivity index (χ3v) is 10.1. The Kier molecular flexibility index (Phi) is 34.2. The Bertz CT molecular complexity index is 935. The summed E-state index contributed by atoms with van der Waals surface area (Å²) in [5.41, 5.74) is 0. The molecule has 0 aliphatic carbocycles. The zero-order valence-corrected chi connectivity index (χ0v) is 35.0. The summed E-state index contributed by atoms with van der Waals surface area (Å²) in [6, 6.07) is 0. The van der Waals surface area contributed by atoms with Crippen LogP contribution in [-0.4, -0.2) is 74.9 Å². The van der Waals surface area contributed by atoms with Crippen LogP contribution in [0.1, 0.15) is 180 Å². The van der Waals surface area contributed by atoms with Crippen molar-refractivity contribution in [2.45, 2.75) is 186 Å². The summed E-state index contributed by atoms with van der Waals surface area (Å²) in [5.74, 6) is -0.817. The minimum atomic E-state index is -4.37. The van der Waals surface area contributed by atoms with Gasteiger partial charge >= 0.3 is 19.8 Å². The summed E-state index contributed by atoms with van der Waals surface area (Å²) in [6.07, 6.45) is 35.4. The van der Waals surface area contributed by atoms with Crippen molar-refractivity contribution in [3.8, 4) is 0 Å². The molecule has 0 saturated carbocycles. The van der Waals surface area contributed by atoms with Gasteiger partial charge in [0.1, 0.15) is 19.8 Å². The molecule has 10 heteroatoms. The lowest BCUT2D eigenvalue weighted by atomic mass is 10.0. The predicted octanol–water partition coefficient (Wildman–Crippen LogP) is 11.6. The predicted molar refractivity (Wildman–Crippen MR) is 215 cm³/mol. The fourth-order valence-corrected chi connectivity index (χ4v) is 6.49. The van der Waals surface area contributed by atoms with E-state index in [1.54, 1.807) is 0 Å². The summed E-state index contributed by atoms with van der Waals surface area (Å²) < 4.78 is 34.2. The van der Waals surface area contributed by atoms with Crippen molar-refractivity contribution < 1.29 is 42.1 Å². The molecule has 0 aliphatic heterocycles. The highest BCUT2D eigenvalue weighted by Crippen LogP contribution is 2.43. The lowest BCUT2D eigenvalue weighted by Crippen LogP contribution is -2.37. The van der Waals surface area contributed by atoms with E-state index in [0.29, 0.717) is 23.9 Å². The van der Waals surface area contributed by atoms with E-state index in [1.807, 2.05) is 27.2 Å². The molecule has 2 atom stereocenters. The molecule has 1 unspecified atom stereocenters. The fourth-order valence-electron chi connectivity index (χ4n) is 5.75. The molecule has 0 radical (unpaired) electrons. The maximum atomic E-state index is 12.7. The monoisotopic (exact) mass is 759 g/mol. The molecule has 0 bridgehead atoms. The molecule has 9 nitrogen and oxygen atoms in total. The second kappa shape index (κ2) is 35.2. The van der Waals surface area contributed by atoms with Gasteiger partial charge in [-0.25, -0.2) is 4.57 Å². The Labute approximate surface area is 319 Å². The second-order valence-electron chi connectivity index (χ2n) is 15.5. The van der Waals surface area contributed by atoms with E-state index in [9.17, 15) is 19.0 Å². The van der Waals surface area contributed by atoms with E-state index in [1.165, 1.54) is 103 Å². The van der Waals surface area contributed by atoms with Crippen LogP contribution in [0.3, 0.4) is 0 Å². The molecule has 52 heavy (non-hydrogen) atoms. The van der Waals surface area contributed by atoms with Crippen LogP contribution in [0.2, 0.25) is 0 Å². The highest BCUT2D eigenvalue weighted by Gasteiger charge is 2.27. The van der Waals surface area contributed by atoms with Crippen LogP contribution in [0.4, 0.5) is 0 Å². The molecule has 0 aromatic carbocycles. The zero-order chi connectivity index (χ0) is 38.6. The van der Waals surface area contributed by atoms with Gasteiger partial charge in [0.15, 0.2) is 6.10 Å². The van der Waals surface area contributed by atoms with Gasteiger partial charge in [-0.2, -0.15) is 0 Å². The standard InChI is InChI=1S/C42H80NO8P/c1-6-8-10-12-14-16-18-20-21-23-25-27-29-31-33-35-42(45)51-40(39-50-52(46,47)49-37-36-43(3,4)5)38-48-41(44)34-32-30-28-26-24-22-19-17-15-13-11-9-7-2/h6,22,24,40H,1,7-21,23,25-39H2,2-5H3/p+1/b24-22+/t40-/m1/s1. The first kappa shape index (κ1) is 50.5. The number of phosphoric acid groups is 1. The zero-order valence-electron chi connectivity index (χ0n) is 34.1. The largest absolute Gasteiger partial charge is 0.472 e. The third kappa shape index (κ3) is 38.2. The Morgan fingerprint density at radius 1 is 0.635 bits per heavy atom. The van der Waals surface area contributed by atoms with Crippen molar-refractivity contribution in [2.24, 2.45) is 0 Å². The average Bonchev–Trinajstić information content (AvgIpc) is 3.09. The van der Waals surface area contributed by atoms with Gasteiger partial charge in [-0.15, -0.1) is 6.58 Å².